The van der Waals surface area contributed by atoms with E-state index >= 15 is 0 Å². The molecule has 0 bridgehead atoms. The van der Waals surface area contributed by atoms with Crippen molar-refractivity contribution in [2.45, 2.75) is 230 Å². The number of hydrogen-bond acceptors (Lipinski definition) is 12. The van der Waals surface area contributed by atoms with Crippen LogP contribution in [0.1, 0.15) is 157 Å². The topological polar surface area (TPSA) is 187 Å². The third kappa shape index (κ3) is 17.4. The van der Waals surface area contributed by atoms with Crippen molar-refractivity contribution >= 4 is 42.0 Å². The maximum absolute atomic E-state index is 12.9. The molecular formula is C61H94N6O11. The zero-order chi connectivity index (χ0) is 57.9. The first-order valence-corrected chi connectivity index (χ1v) is 28.4. The molecule has 1 aromatic rings. The SMILES string of the molecule is C=CCC1CC[C@@H](C)N1C(=O)C(=O)OC.C=CCC1CC[C@@H](C)N1C(=O)C=O.C=CCC1CC[C@@H](C)N1C(=O)CO.C=CCC1CC[C@@H](C)N1C(=O)OC(C)(C)C.C[C@@H]1CCC2CC3CON(Cc4ccccc4)C3C(=O)N21. The lowest BCUT2D eigenvalue weighted by Gasteiger charge is -2.40. The molecule has 5 amide bonds. The van der Waals surface area contributed by atoms with Crippen molar-refractivity contribution in [2.75, 3.05) is 20.3 Å². The van der Waals surface area contributed by atoms with Gasteiger partial charge in [-0.15, -0.1) is 26.3 Å². The van der Waals surface area contributed by atoms with Crippen molar-refractivity contribution in [1.29, 1.82) is 0 Å². The van der Waals surface area contributed by atoms with Crippen molar-refractivity contribution in [3.8, 4) is 0 Å². The first kappa shape index (κ1) is 64.9. The molecule has 78 heavy (non-hydrogen) atoms. The molecule has 0 aromatic heterocycles. The number of aldehydes is 1. The summed E-state index contributed by atoms with van der Waals surface area (Å²) < 4.78 is 9.86. The van der Waals surface area contributed by atoms with Crippen molar-refractivity contribution < 1.29 is 53.0 Å². The number of piperidine rings is 1. The number of carbonyl (C=O) groups excluding carboxylic acids is 7. The maximum Gasteiger partial charge on any atom is 0.410 e. The number of esters is 1. The van der Waals surface area contributed by atoms with E-state index in [1.807, 2.05) is 81.9 Å². The molecule has 17 nitrogen and oxygen atoms in total. The van der Waals surface area contributed by atoms with Crippen LogP contribution in [0.25, 0.3) is 0 Å². The van der Waals surface area contributed by atoms with Gasteiger partial charge in [0.2, 0.25) is 18.1 Å². The van der Waals surface area contributed by atoms with E-state index in [1.165, 1.54) is 12.7 Å². The Morgan fingerprint density at radius 1 is 0.667 bits per heavy atom. The number of fused-ring (bicyclic) bond motifs is 2. The quantitative estimate of drug-likeness (QED) is 0.0909. The Kier molecular flexibility index (Phi) is 26.0. The second-order valence-corrected chi connectivity index (χ2v) is 23.0. The minimum atomic E-state index is -0.780. The van der Waals surface area contributed by atoms with Crippen LogP contribution in [0.3, 0.4) is 0 Å². The van der Waals surface area contributed by atoms with E-state index in [4.69, 9.17) is 14.7 Å². The van der Waals surface area contributed by atoms with Crippen LogP contribution in [0.2, 0.25) is 0 Å². The number of hydroxylamine groups is 2. The second-order valence-electron chi connectivity index (χ2n) is 23.0. The highest BCUT2D eigenvalue weighted by atomic mass is 16.7. The molecule has 7 fully saturated rings. The number of ether oxygens (including phenoxy) is 2. The van der Waals surface area contributed by atoms with Crippen molar-refractivity contribution in [3.63, 3.8) is 0 Å². The lowest BCUT2D eigenvalue weighted by atomic mass is 9.87. The minimum Gasteiger partial charge on any atom is -0.462 e. The van der Waals surface area contributed by atoms with Gasteiger partial charge in [-0.2, -0.15) is 5.06 Å². The summed E-state index contributed by atoms with van der Waals surface area (Å²) in [6.45, 7) is 31.6. The summed E-state index contributed by atoms with van der Waals surface area (Å²) in [7, 11) is 1.23. The normalized spacial score (nSPS) is 28.9. The van der Waals surface area contributed by atoms with Gasteiger partial charge in [-0.05, 0) is 157 Å². The van der Waals surface area contributed by atoms with Gasteiger partial charge in [-0.3, -0.25) is 28.8 Å². The Morgan fingerprint density at radius 3 is 1.62 bits per heavy atom. The third-order valence-corrected chi connectivity index (χ3v) is 16.1. The van der Waals surface area contributed by atoms with Crippen molar-refractivity contribution in [1.82, 2.24) is 29.6 Å². The first-order valence-electron chi connectivity index (χ1n) is 28.4. The number of methoxy groups -OCH3 is 1. The molecule has 0 saturated carbocycles. The summed E-state index contributed by atoms with van der Waals surface area (Å²) in [6.07, 6.45) is 22.1. The number of aliphatic hydroxyl groups excluding tert-OH is 1. The molecule has 0 aliphatic carbocycles. The zero-order valence-corrected chi connectivity index (χ0v) is 48.5. The van der Waals surface area contributed by atoms with Gasteiger partial charge in [0, 0.05) is 72.9 Å². The molecule has 7 aliphatic heterocycles. The lowest BCUT2D eigenvalue weighted by Crippen LogP contribution is -2.56. The minimum absolute atomic E-state index is 0.0815. The number of hydrogen-bond donors (Lipinski definition) is 1. The molecule has 0 radical (unpaired) electrons. The van der Waals surface area contributed by atoms with Gasteiger partial charge in [-0.25, -0.2) is 9.59 Å². The van der Waals surface area contributed by atoms with Gasteiger partial charge < -0.3 is 39.1 Å². The van der Waals surface area contributed by atoms with Gasteiger partial charge in [0.1, 0.15) is 18.2 Å². The van der Waals surface area contributed by atoms with Crippen LogP contribution in [0.15, 0.2) is 81.0 Å². The number of nitrogens with zero attached hydrogens (tertiary/aromatic N) is 6. The van der Waals surface area contributed by atoms with Gasteiger partial charge in [-0.1, -0.05) is 54.6 Å². The van der Waals surface area contributed by atoms with E-state index in [1.54, 1.807) is 26.9 Å². The van der Waals surface area contributed by atoms with Crippen molar-refractivity contribution in [2.24, 2.45) is 5.92 Å². The standard InChI is InChI=1S/C17H22N2O2.C13H23NO2.C11H17NO3.C10H17NO2.C10H15NO2/c1-12-7-8-15-9-14-11-21-18(16(14)17(20)19(12)15)10-13-5-3-2-4-6-13;1-6-7-11-9-8-10(2)14(11)12(15)16-13(3,4)5;1-4-5-9-7-6-8(2)12(9)10(13)11(14)15-3;2*1-3-4-9-6-5-8(2)11(9)10(13)7-12/h2-6,12,14-16H,7-11H2,1H3;6,10-11H,1,7-9H2,2-5H3;4,8-9H,1,5-7H2,2-3H3;3,8-9,12H,1,4-7H2,2H3;3,7-9H,1,4-6H2,2H3/t12-,14?,15?,16?;10-,11?;3*8-,9?/m11111/s1. The fraction of sp³-hybridized carbons (Fsp3) is 0.656. The molecule has 1 N–H and O–H groups in total. The average Bonchev–Trinajstić information content (AvgIpc) is 4.33. The predicted octanol–water partition coefficient (Wildman–Crippen LogP) is 8.74. The zero-order valence-electron chi connectivity index (χ0n) is 48.5. The molecule has 1 aromatic carbocycles. The molecular weight excluding hydrogens is 993 g/mol. The number of likely N-dealkylation sites (tertiary alicyclic amines) is 4. The van der Waals surface area contributed by atoms with E-state index < -0.39 is 23.4 Å². The van der Waals surface area contributed by atoms with Crippen LogP contribution in [0.4, 0.5) is 4.79 Å². The molecule has 0 spiro atoms. The van der Waals surface area contributed by atoms with E-state index in [0.717, 1.165) is 96.3 Å². The van der Waals surface area contributed by atoms with Crippen LogP contribution in [0.5, 0.6) is 0 Å². The Balaban J connectivity index is 0.000000213. The highest BCUT2D eigenvalue weighted by Gasteiger charge is 2.52. The largest absolute Gasteiger partial charge is 0.462 e. The highest BCUT2D eigenvalue weighted by Crippen LogP contribution is 2.40. The summed E-state index contributed by atoms with van der Waals surface area (Å²) in [5.41, 5.74) is 0.778. The Labute approximate surface area is 466 Å². The lowest BCUT2D eigenvalue weighted by molar-refractivity contribution is -0.168. The van der Waals surface area contributed by atoms with Crippen molar-refractivity contribution in [3.05, 3.63) is 86.5 Å². The summed E-state index contributed by atoms with van der Waals surface area (Å²) in [5.74, 6) is -1.21. The monoisotopic (exact) mass is 1090 g/mol. The molecule has 17 heteroatoms. The average molecular weight is 1090 g/mol. The Hall–Kier alpha value is -5.65. The smallest absolute Gasteiger partial charge is 0.410 e. The summed E-state index contributed by atoms with van der Waals surface area (Å²) in [5, 5.41) is 10.7. The fourth-order valence-electron chi connectivity index (χ4n) is 12.4. The molecule has 7 aliphatic rings. The molecule has 8 rings (SSSR count). The number of rotatable bonds is 12. The highest BCUT2D eigenvalue weighted by molar-refractivity contribution is 6.32. The summed E-state index contributed by atoms with van der Waals surface area (Å²) >= 11 is 0. The van der Waals surface area contributed by atoms with Crippen LogP contribution < -0.4 is 0 Å². The number of amides is 5. The van der Waals surface area contributed by atoms with E-state index in [0.29, 0.717) is 37.4 Å². The first-order chi connectivity index (χ1) is 37.1. The predicted molar refractivity (Wildman–Crippen MR) is 302 cm³/mol. The van der Waals surface area contributed by atoms with Gasteiger partial charge in [0.05, 0.1) is 13.7 Å². The van der Waals surface area contributed by atoms with Crippen LogP contribution in [-0.4, -0.2) is 169 Å². The van der Waals surface area contributed by atoms with E-state index in [-0.39, 0.29) is 78.9 Å². The molecule has 12 atom stereocenters. The number of carbonyl (C=O) groups is 7. The Morgan fingerprint density at radius 2 is 1.13 bits per heavy atom. The van der Waals surface area contributed by atoms with Gasteiger partial charge in [0.25, 0.3) is 5.91 Å². The van der Waals surface area contributed by atoms with E-state index in [9.17, 15) is 33.6 Å². The number of aliphatic hydroxyl groups is 1. The molecule has 434 valence electrons. The maximum atomic E-state index is 12.9. The fourth-order valence-corrected chi connectivity index (χ4v) is 12.4. The van der Waals surface area contributed by atoms with Gasteiger partial charge in [0.15, 0.2) is 0 Å². The molecule has 7 saturated heterocycles. The second kappa shape index (κ2) is 31.2. The van der Waals surface area contributed by atoms with Crippen LogP contribution in [-0.2, 0) is 49.6 Å². The van der Waals surface area contributed by atoms with Crippen LogP contribution in [0, 0.1) is 5.92 Å². The Bertz CT molecular complexity index is 2180. The number of benzene rings is 1. The summed E-state index contributed by atoms with van der Waals surface area (Å²) in [4.78, 5) is 95.7. The molecule has 7 heterocycles. The van der Waals surface area contributed by atoms with Gasteiger partial charge >= 0.3 is 18.0 Å². The molecule has 7 unspecified atom stereocenters. The summed E-state index contributed by atoms with van der Waals surface area (Å²) in [6, 6.07) is 12.7. The van der Waals surface area contributed by atoms with Crippen LogP contribution >= 0.6 is 0 Å². The van der Waals surface area contributed by atoms with E-state index in [2.05, 4.69) is 61.9 Å². The third-order valence-electron chi connectivity index (χ3n) is 16.1.